The molecule has 2 aliphatic rings. The molecule has 3 heterocycles. The van der Waals surface area contributed by atoms with Crippen LogP contribution in [0.2, 0.25) is 0 Å². The van der Waals surface area contributed by atoms with Gasteiger partial charge in [0.1, 0.15) is 11.6 Å². The number of para-hydroxylation sites is 1. The third-order valence-electron chi connectivity index (χ3n) is 5.53. The van der Waals surface area contributed by atoms with Crippen LogP contribution in [-0.2, 0) is 11.2 Å². The van der Waals surface area contributed by atoms with Crippen molar-refractivity contribution in [3.63, 3.8) is 0 Å². The number of nitrogens with zero attached hydrogens (tertiary/aromatic N) is 2. The molecular formula is C21H27N3O3. The molecule has 1 aromatic carbocycles. The van der Waals surface area contributed by atoms with Gasteiger partial charge in [0.05, 0.1) is 20.3 Å². The number of H-pyrrole nitrogens is 1. The van der Waals surface area contributed by atoms with E-state index in [0.29, 0.717) is 19.3 Å². The second-order valence-corrected chi connectivity index (χ2v) is 7.19. The summed E-state index contributed by atoms with van der Waals surface area (Å²) in [5.41, 5.74) is 2.15. The van der Waals surface area contributed by atoms with E-state index in [0.717, 1.165) is 56.2 Å². The number of benzene rings is 1. The Morgan fingerprint density at radius 2 is 2.00 bits per heavy atom. The van der Waals surface area contributed by atoms with E-state index < -0.39 is 0 Å². The summed E-state index contributed by atoms with van der Waals surface area (Å²) in [6.07, 6.45) is 3.15. The standard InChI is InChI=1S/C21H27N3O3/c1-26-19-7-3-2-5-16(19)13-17-6-4-8-24(17)20-14-18(15-21(25)22-20)23-9-11-27-12-10-23/h2-3,5,7,14-15,17H,4,6,8-13H2,1H3,(H,22,25)/t17-/m0/s1. The summed E-state index contributed by atoms with van der Waals surface area (Å²) >= 11 is 0. The maximum Gasteiger partial charge on any atom is 0.251 e. The van der Waals surface area contributed by atoms with Crippen LogP contribution in [-0.4, -0.2) is 51.0 Å². The van der Waals surface area contributed by atoms with Crippen LogP contribution in [0.1, 0.15) is 18.4 Å². The Morgan fingerprint density at radius 1 is 1.19 bits per heavy atom. The molecule has 6 heteroatoms. The van der Waals surface area contributed by atoms with Crippen molar-refractivity contribution in [3.05, 3.63) is 52.3 Å². The average molecular weight is 369 g/mol. The lowest BCUT2D eigenvalue weighted by Gasteiger charge is -2.31. The van der Waals surface area contributed by atoms with Crippen LogP contribution in [0.15, 0.2) is 41.2 Å². The van der Waals surface area contributed by atoms with Crippen LogP contribution in [0.5, 0.6) is 5.75 Å². The molecule has 4 rings (SSSR count). The van der Waals surface area contributed by atoms with Gasteiger partial charge in [-0.2, -0.15) is 0 Å². The fourth-order valence-electron chi connectivity index (χ4n) is 4.16. The van der Waals surface area contributed by atoms with Crippen LogP contribution in [0.4, 0.5) is 11.5 Å². The first-order valence-electron chi connectivity index (χ1n) is 9.70. The predicted molar refractivity (Wildman–Crippen MR) is 107 cm³/mol. The molecule has 1 N–H and O–H groups in total. The SMILES string of the molecule is COc1ccccc1C[C@@H]1CCCN1c1cc(N2CCOCC2)cc(=O)[nH]1. The Balaban J connectivity index is 1.58. The fourth-order valence-corrected chi connectivity index (χ4v) is 4.16. The van der Waals surface area contributed by atoms with Crippen molar-refractivity contribution in [2.24, 2.45) is 0 Å². The third-order valence-corrected chi connectivity index (χ3v) is 5.53. The number of anilines is 2. The fraction of sp³-hybridized carbons (Fsp3) is 0.476. The van der Waals surface area contributed by atoms with Gasteiger partial charge in [-0.1, -0.05) is 18.2 Å². The largest absolute Gasteiger partial charge is 0.496 e. The summed E-state index contributed by atoms with van der Waals surface area (Å²) in [7, 11) is 1.72. The molecule has 2 aromatic rings. The molecule has 0 amide bonds. The van der Waals surface area contributed by atoms with E-state index in [9.17, 15) is 4.79 Å². The molecule has 0 spiro atoms. The molecule has 0 radical (unpaired) electrons. The van der Waals surface area contributed by atoms with E-state index in [-0.39, 0.29) is 5.56 Å². The minimum absolute atomic E-state index is 0.0445. The van der Waals surface area contributed by atoms with Gasteiger partial charge in [-0.3, -0.25) is 4.79 Å². The smallest absolute Gasteiger partial charge is 0.251 e. The van der Waals surface area contributed by atoms with Crippen molar-refractivity contribution in [2.45, 2.75) is 25.3 Å². The third kappa shape index (κ3) is 3.95. The number of aromatic amines is 1. The lowest BCUT2D eigenvalue weighted by Crippen LogP contribution is -2.37. The lowest BCUT2D eigenvalue weighted by atomic mass is 10.0. The van der Waals surface area contributed by atoms with E-state index in [1.807, 2.05) is 12.1 Å². The van der Waals surface area contributed by atoms with Crippen LogP contribution in [0, 0.1) is 0 Å². The van der Waals surface area contributed by atoms with E-state index >= 15 is 0 Å². The maximum absolute atomic E-state index is 12.3. The number of rotatable bonds is 5. The number of methoxy groups -OCH3 is 1. The number of pyridine rings is 1. The summed E-state index contributed by atoms with van der Waals surface area (Å²) < 4.78 is 11.0. The number of hydrogen-bond acceptors (Lipinski definition) is 5. The van der Waals surface area contributed by atoms with E-state index in [4.69, 9.17) is 9.47 Å². The van der Waals surface area contributed by atoms with Crippen molar-refractivity contribution in [1.29, 1.82) is 0 Å². The molecule has 0 saturated carbocycles. The summed E-state index contributed by atoms with van der Waals surface area (Å²) in [4.78, 5) is 19.9. The molecule has 0 bridgehead atoms. The van der Waals surface area contributed by atoms with Gasteiger partial charge in [-0.25, -0.2) is 0 Å². The van der Waals surface area contributed by atoms with Crippen LogP contribution >= 0.6 is 0 Å². The summed E-state index contributed by atoms with van der Waals surface area (Å²) in [5, 5.41) is 0. The number of nitrogens with one attached hydrogen (secondary N) is 1. The summed E-state index contributed by atoms with van der Waals surface area (Å²) in [5.74, 6) is 1.85. The Hall–Kier alpha value is -2.47. The highest BCUT2D eigenvalue weighted by atomic mass is 16.5. The highest BCUT2D eigenvalue weighted by Gasteiger charge is 2.27. The summed E-state index contributed by atoms with van der Waals surface area (Å²) in [6, 6.07) is 12.4. The Kier molecular flexibility index (Phi) is 5.34. The molecule has 2 saturated heterocycles. The highest BCUT2D eigenvalue weighted by Crippen LogP contribution is 2.30. The number of morpholine rings is 1. The minimum atomic E-state index is -0.0445. The second-order valence-electron chi connectivity index (χ2n) is 7.19. The zero-order valence-corrected chi connectivity index (χ0v) is 15.8. The van der Waals surface area contributed by atoms with Gasteiger partial charge in [0.15, 0.2) is 0 Å². The second kappa shape index (κ2) is 8.05. The van der Waals surface area contributed by atoms with E-state index in [1.165, 1.54) is 5.56 Å². The van der Waals surface area contributed by atoms with Gasteiger partial charge in [-0.05, 0) is 30.9 Å². The van der Waals surface area contributed by atoms with Gasteiger partial charge in [0.2, 0.25) is 0 Å². The number of aromatic nitrogens is 1. The molecule has 2 aliphatic heterocycles. The Bertz CT molecular complexity index is 829. The average Bonchev–Trinajstić information content (AvgIpc) is 3.17. The molecule has 0 aliphatic carbocycles. The van der Waals surface area contributed by atoms with E-state index in [2.05, 4.69) is 33.0 Å². The van der Waals surface area contributed by atoms with Crippen LogP contribution in [0.25, 0.3) is 0 Å². The monoisotopic (exact) mass is 369 g/mol. The lowest BCUT2D eigenvalue weighted by molar-refractivity contribution is 0.122. The zero-order valence-electron chi connectivity index (χ0n) is 15.8. The maximum atomic E-state index is 12.3. The van der Waals surface area contributed by atoms with Crippen LogP contribution < -0.4 is 20.1 Å². The predicted octanol–water partition coefficient (Wildman–Crippen LogP) is 2.43. The van der Waals surface area contributed by atoms with Gasteiger partial charge in [0.25, 0.3) is 5.56 Å². The molecule has 1 atom stereocenters. The topological polar surface area (TPSA) is 57.8 Å². The van der Waals surface area contributed by atoms with Crippen molar-refractivity contribution >= 4 is 11.5 Å². The molecule has 2 fully saturated rings. The van der Waals surface area contributed by atoms with Crippen molar-refractivity contribution in [3.8, 4) is 5.75 Å². The molecule has 1 aromatic heterocycles. The highest BCUT2D eigenvalue weighted by molar-refractivity contribution is 5.56. The quantitative estimate of drug-likeness (QED) is 0.877. The summed E-state index contributed by atoms with van der Waals surface area (Å²) in [6.45, 7) is 4.04. The Labute approximate surface area is 159 Å². The Morgan fingerprint density at radius 3 is 2.81 bits per heavy atom. The van der Waals surface area contributed by atoms with Gasteiger partial charge in [0, 0.05) is 43.5 Å². The molecule has 27 heavy (non-hydrogen) atoms. The normalized spacial score (nSPS) is 20.1. The number of hydrogen-bond donors (Lipinski definition) is 1. The first-order chi connectivity index (χ1) is 13.2. The van der Waals surface area contributed by atoms with Crippen molar-refractivity contribution in [1.82, 2.24) is 4.98 Å². The van der Waals surface area contributed by atoms with Gasteiger partial charge in [-0.15, -0.1) is 0 Å². The zero-order chi connectivity index (χ0) is 18.6. The van der Waals surface area contributed by atoms with Crippen LogP contribution in [0.3, 0.4) is 0 Å². The molecule has 0 unspecified atom stereocenters. The van der Waals surface area contributed by atoms with Gasteiger partial charge < -0.3 is 24.3 Å². The number of ether oxygens (including phenoxy) is 2. The minimum Gasteiger partial charge on any atom is -0.496 e. The first-order valence-corrected chi connectivity index (χ1v) is 9.70. The molecule has 6 nitrogen and oxygen atoms in total. The first kappa shape index (κ1) is 17.9. The van der Waals surface area contributed by atoms with Gasteiger partial charge >= 0.3 is 0 Å². The van der Waals surface area contributed by atoms with Crippen molar-refractivity contribution in [2.75, 3.05) is 49.8 Å². The molecule has 144 valence electrons. The molecular weight excluding hydrogens is 342 g/mol. The van der Waals surface area contributed by atoms with E-state index in [1.54, 1.807) is 13.2 Å². The van der Waals surface area contributed by atoms with Crippen molar-refractivity contribution < 1.29 is 9.47 Å².